The van der Waals surface area contributed by atoms with Crippen molar-refractivity contribution in [1.29, 1.82) is 10.5 Å². The van der Waals surface area contributed by atoms with Crippen LogP contribution in [0.2, 0.25) is 0 Å². The topological polar surface area (TPSA) is 125 Å². The summed E-state index contributed by atoms with van der Waals surface area (Å²) in [6, 6.07) is 12.1. The molecule has 0 saturated heterocycles. The van der Waals surface area contributed by atoms with E-state index in [1.165, 1.54) is 0 Å². The van der Waals surface area contributed by atoms with Gasteiger partial charge in [-0.1, -0.05) is 12.1 Å². The Hall–Kier alpha value is -4.96. The summed E-state index contributed by atoms with van der Waals surface area (Å²) in [6.07, 6.45) is 7.86. The number of nitriles is 2. The van der Waals surface area contributed by atoms with E-state index in [1.54, 1.807) is 17.3 Å². The quantitative estimate of drug-likeness (QED) is 0.327. The largest absolute Gasteiger partial charge is 0.444 e. The van der Waals surface area contributed by atoms with Gasteiger partial charge in [0.05, 0.1) is 51.8 Å². The summed E-state index contributed by atoms with van der Waals surface area (Å²) in [7, 11) is 1.85. The Balaban J connectivity index is 1.63. The minimum absolute atomic E-state index is 0.311. The van der Waals surface area contributed by atoms with Gasteiger partial charge in [0.1, 0.15) is 5.60 Å². The first-order valence-electron chi connectivity index (χ1n) is 13.4. The summed E-state index contributed by atoms with van der Waals surface area (Å²) in [6.45, 7) is 10.3. The number of benzene rings is 1. The summed E-state index contributed by atoms with van der Waals surface area (Å²) in [5.41, 5.74) is 5.14. The van der Waals surface area contributed by atoms with Crippen LogP contribution in [0.25, 0.3) is 33.2 Å². The van der Waals surface area contributed by atoms with Crippen LogP contribution in [0.4, 0.5) is 4.79 Å². The molecule has 1 amide bonds. The molecule has 0 atom stereocenters. The summed E-state index contributed by atoms with van der Waals surface area (Å²) >= 11 is 0. The second-order valence-electron chi connectivity index (χ2n) is 11.7. The third kappa shape index (κ3) is 5.17. The van der Waals surface area contributed by atoms with E-state index >= 15 is 0 Å². The molecule has 0 spiro atoms. The molecule has 4 aromatic rings. The lowest BCUT2D eigenvalue weighted by Crippen LogP contribution is -2.39. The van der Waals surface area contributed by atoms with Crippen molar-refractivity contribution in [2.75, 3.05) is 13.1 Å². The number of pyridine rings is 2. The lowest BCUT2D eigenvalue weighted by Gasteiger charge is -2.29. The van der Waals surface area contributed by atoms with Gasteiger partial charge in [0, 0.05) is 25.5 Å². The molecule has 0 saturated carbocycles. The highest BCUT2D eigenvalue weighted by atomic mass is 16.6. The zero-order valence-corrected chi connectivity index (χ0v) is 24.1. The van der Waals surface area contributed by atoms with Gasteiger partial charge in [0.2, 0.25) is 11.8 Å². The van der Waals surface area contributed by atoms with Crippen molar-refractivity contribution in [2.45, 2.75) is 52.1 Å². The van der Waals surface area contributed by atoms with Crippen molar-refractivity contribution in [2.24, 2.45) is 12.0 Å². The smallest absolute Gasteiger partial charge is 0.410 e. The standard InChI is InChI=1S/C31H32N8O2/c1-30(2,3)41-29(40)38-13-11-20(12-14-38)21-7-9-24-23(15-21)27-25(17-34-24)37(6)28(36-19-33)39(27)22-8-10-26(35-16-22)31(4,5)18-32/h7-11,15-17H,12-14H2,1-6H3. The lowest BCUT2D eigenvalue weighted by molar-refractivity contribution is 0.0270. The number of nitrogens with zero attached hydrogens (tertiary/aromatic N) is 8. The number of ether oxygens (including phenoxy) is 1. The van der Waals surface area contributed by atoms with E-state index in [0.29, 0.717) is 36.5 Å². The highest BCUT2D eigenvalue weighted by Gasteiger charge is 2.25. The van der Waals surface area contributed by atoms with E-state index < -0.39 is 11.0 Å². The van der Waals surface area contributed by atoms with E-state index in [0.717, 1.165) is 33.1 Å². The van der Waals surface area contributed by atoms with E-state index in [9.17, 15) is 15.3 Å². The van der Waals surface area contributed by atoms with Crippen LogP contribution >= 0.6 is 0 Å². The molecule has 0 aliphatic carbocycles. The molecule has 41 heavy (non-hydrogen) atoms. The van der Waals surface area contributed by atoms with Crippen LogP contribution in [0.15, 0.2) is 53.8 Å². The molecule has 208 valence electrons. The molecule has 10 heteroatoms. The first kappa shape index (κ1) is 27.6. The Morgan fingerprint density at radius 2 is 1.85 bits per heavy atom. The maximum atomic E-state index is 12.5. The average Bonchev–Trinajstić information content (AvgIpc) is 3.23. The van der Waals surface area contributed by atoms with Crippen LogP contribution < -0.4 is 5.62 Å². The van der Waals surface area contributed by atoms with Gasteiger partial charge in [-0.15, -0.1) is 4.99 Å². The molecule has 0 fully saturated rings. The highest BCUT2D eigenvalue weighted by molar-refractivity contribution is 6.04. The molecule has 3 aromatic heterocycles. The fraction of sp³-hybridized carbons (Fsp3) is 0.355. The first-order valence-corrected chi connectivity index (χ1v) is 13.4. The number of amides is 1. The van der Waals surface area contributed by atoms with E-state index in [4.69, 9.17) is 9.72 Å². The molecular weight excluding hydrogens is 516 g/mol. The van der Waals surface area contributed by atoms with Crippen molar-refractivity contribution in [1.82, 2.24) is 24.0 Å². The molecule has 10 nitrogen and oxygen atoms in total. The van der Waals surface area contributed by atoms with Crippen LogP contribution in [-0.2, 0) is 17.2 Å². The van der Waals surface area contributed by atoms with E-state index in [1.807, 2.05) is 81.3 Å². The highest BCUT2D eigenvalue weighted by Crippen LogP contribution is 2.31. The summed E-state index contributed by atoms with van der Waals surface area (Å²) in [5.74, 6) is 0. The van der Waals surface area contributed by atoms with Gasteiger partial charge >= 0.3 is 6.09 Å². The Labute approximate surface area is 238 Å². The fourth-order valence-electron chi connectivity index (χ4n) is 4.99. The molecular formula is C31H32N8O2. The second-order valence-corrected chi connectivity index (χ2v) is 11.7. The van der Waals surface area contributed by atoms with Crippen molar-refractivity contribution in [3.63, 3.8) is 0 Å². The molecule has 0 N–H and O–H groups in total. The zero-order chi connectivity index (χ0) is 29.5. The van der Waals surface area contributed by atoms with Gasteiger partial charge in [-0.3, -0.25) is 14.5 Å². The van der Waals surface area contributed by atoms with Crippen LogP contribution in [0.3, 0.4) is 0 Å². The molecule has 1 aliphatic heterocycles. The second kappa shape index (κ2) is 10.2. The predicted octanol–water partition coefficient (Wildman–Crippen LogP) is 5.12. The molecule has 1 aromatic carbocycles. The SMILES string of the molecule is Cn1c(=NC#N)n(-c2ccc(C(C)(C)C#N)nc2)c2c3cc(C4=CCN(C(=O)OC(C)(C)C)CC4)ccc3ncc21. The number of aromatic nitrogens is 4. The number of carbonyl (C=O) groups is 1. The van der Waals surface area contributed by atoms with E-state index in [2.05, 4.69) is 28.2 Å². The number of hydrogen-bond donors (Lipinski definition) is 0. The number of fused-ring (bicyclic) bond motifs is 3. The molecule has 0 radical (unpaired) electrons. The Bertz CT molecular complexity index is 1860. The number of rotatable bonds is 3. The summed E-state index contributed by atoms with van der Waals surface area (Å²) in [4.78, 5) is 27.7. The lowest BCUT2D eigenvalue weighted by atomic mass is 9.91. The molecule has 1 aliphatic rings. The van der Waals surface area contributed by atoms with Gasteiger partial charge in [-0.25, -0.2) is 4.79 Å². The normalized spacial score (nSPS) is 14.6. The monoisotopic (exact) mass is 548 g/mol. The van der Waals surface area contributed by atoms with Crippen LogP contribution in [0.1, 0.15) is 52.3 Å². The Morgan fingerprint density at radius 3 is 2.46 bits per heavy atom. The number of aryl methyl sites for hydroxylation is 1. The average molecular weight is 549 g/mol. The number of imidazole rings is 1. The zero-order valence-electron chi connectivity index (χ0n) is 24.1. The van der Waals surface area contributed by atoms with Crippen LogP contribution in [-0.4, -0.2) is 48.8 Å². The van der Waals surface area contributed by atoms with Gasteiger partial charge in [0.15, 0.2) is 0 Å². The minimum atomic E-state index is -0.736. The minimum Gasteiger partial charge on any atom is -0.444 e. The van der Waals surface area contributed by atoms with Crippen LogP contribution in [0, 0.1) is 22.8 Å². The van der Waals surface area contributed by atoms with E-state index in [-0.39, 0.29) is 6.09 Å². The van der Waals surface area contributed by atoms with Gasteiger partial charge in [-0.05, 0) is 76.4 Å². The van der Waals surface area contributed by atoms with Crippen molar-refractivity contribution in [3.8, 4) is 17.9 Å². The molecule has 0 unspecified atom stereocenters. The third-order valence-corrected chi connectivity index (χ3v) is 7.21. The van der Waals surface area contributed by atoms with Crippen molar-refractivity contribution in [3.05, 3.63) is 65.7 Å². The maximum absolute atomic E-state index is 12.5. The molecule has 5 rings (SSSR count). The third-order valence-electron chi connectivity index (χ3n) is 7.21. The van der Waals surface area contributed by atoms with Crippen molar-refractivity contribution < 1.29 is 9.53 Å². The van der Waals surface area contributed by atoms with Crippen LogP contribution in [0.5, 0.6) is 0 Å². The number of carbonyl (C=O) groups excluding carboxylic acids is 1. The maximum Gasteiger partial charge on any atom is 0.410 e. The Morgan fingerprint density at radius 1 is 1.07 bits per heavy atom. The predicted molar refractivity (Wildman–Crippen MR) is 156 cm³/mol. The molecule has 4 heterocycles. The molecule has 0 bridgehead atoms. The van der Waals surface area contributed by atoms with Gasteiger partial charge < -0.3 is 14.2 Å². The summed E-state index contributed by atoms with van der Waals surface area (Å²) in [5, 5.41) is 20.0. The number of hydrogen-bond acceptors (Lipinski definition) is 7. The van der Waals surface area contributed by atoms with Gasteiger partial charge in [0.25, 0.3) is 0 Å². The van der Waals surface area contributed by atoms with Gasteiger partial charge in [-0.2, -0.15) is 10.5 Å². The van der Waals surface area contributed by atoms with Crippen molar-refractivity contribution >= 4 is 33.6 Å². The Kier molecular flexibility index (Phi) is 6.88. The first-order chi connectivity index (χ1) is 19.4. The fourth-order valence-corrected chi connectivity index (χ4v) is 4.99. The summed E-state index contributed by atoms with van der Waals surface area (Å²) < 4.78 is 9.28.